The highest BCUT2D eigenvalue weighted by Crippen LogP contribution is 2.72. The van der Waals surface area contributed by atoms with Gasteiger partial charge in [0, 0.05) is 0 Å². The number of rotatable bonds is 8. The third kappa shape index (κ3) is 5.33. The maximum absolute atomic E-state index is 2.96. The van der Waals surface area contributed by atoms with E-state index < -0.39 is 0 Å². The third-order valence-corrected chi connectivity index (χ3v) is 15.0. The molecular formula is C38H68. The van der Waals surface area contributed by atoms with E-state index in [0.29, 0.717) is 21.7 Å². The molecule has 0 heterocycles. The first-order valence-corrected chi connectivity index (χ1v) is 18.3. The molecule has 0 bridgehead atoms. The average Bonchev–Trinajstić information content (AvgIpc) is 2.93. The van der Waals surface area contributed by atoms with Gasteiger partial charge in [-0.15, -0.1) is 0 Å². The Morgan fingerprint density at radius 3 is 1.63 bits per heavy atom. The van der Waals surface area contributed by atoms with E-state index in [1.807, 2.05) is 0 Å². The summed E-state index contributed by atoms with van der Waals surface area (Å²) in [7, 11) is 0. The normalized spacial score (nSPS) is 40.8. The molecule has 0 aromatic carbocycles. The van der Waals surface area contributed by atoms with Crippen LogP contribution in [0.1, 0.15) is 189 Å². The SMILES string of the molecule is CCCCCCC1C(C2(C)CCCCC2)CC2C(C3(C)CCCCC3)CCCC2C1(C)C1(C)CCCCC1. The summed E-state index contributed by atoms with van der Waals surface area (Å²) in [5.41, 5.74) is 2.38. The van der Waals surface area contributed by atoms with Crippen LogP contribution in [0.15, 0.2) is 0 Å². The van der Waals surface area contributed by atoms with Gasteiger partial charge in [-0.05, 0) is 115 Å². The van der Waals surface area contributed by atoms with E-state index in [0.717, 1.165) is 29.6 Å². The van der Waals surface area contributed by atoms with Gasteiger partial charge in [0.15, 0.2) is 0 Å². The zero-order chi connectivity index (χ0) is 26.9. The third-order valence-electron chi connectivity index (χ3n) is 15.0. The lowest BCUT2D eigenvalue weighted by Gasteiger charge is -2.69. The van der Waals surface area contributed by atoms with Crippen LogP contribution in [0.4, 0.5) is 0 Å². The van der Waals surface area contributed by atoms with Crippen LogP contribution < -0.4 is 0 Å². The molecule has 0 saturated heterocycles. The van der Waals surface area contributed by atoms with E-state index in [1.54, 1.807) is 25.7 Å². The van der Waals surface area contributed by atoms with Crippen LogP contribution in [-0.2, 0) is 0 Å². The Labute approximate surface area is 239 Å². The van der Waals surface area contributed by atoms with Crippen molar-refractivity contribution in [1.82, 2.24) is 0 Å². The number of hydrogen-bond donors (Lipinski definition) is 0. The average molecular weight is 525 g/mol. The zero-order valence-corrected chi connectivity index (χ0v) is 26.9. The van der Waals surface area contributed by atoms with Crippen molar-refractivity contribution >= 4 is 0 Å². The fourth-order valence-corrected chi connectivity index (χ4v) is 12.6. The van der Waals surface area contributed by atoms with Gasteiger partial charge in [0.2, 0.25) is 0 Å². The summed E-state index contributed by atoms with van der Waals surface area (Å²) in [5, 5.41) is 0. The number of hydrogen-bond acceptors (Lipinski definition) is 0. The van der Waals surface area contributed by atoms with Gasteiger partial charge in [0.25, 0.3) is 0 Å². The fraction of sp³-hybridized carbons (Fsp3) is 1.00. The topological polar surface area (TPSA) is 0 Å². The Morgan fingerprint density at radius 1 is 0.526 bits per heavy atom. The van der Waals surface area contributed by atoms with E-state index in [2.05, 4.69) is 34.6 Å². The van der Waals surface area contributed by atoms with Crippen molar-refractivity contribution in [3.63, 3.8) is 0 Å². The van der Waals surface area contributed by atoms with Crippen LogP contribution in [0.2, 0.25) is 0 Å². The summed E-state index contributed by atoms with van der Waals surface area (Å²) in [6.45, 7) is 13.8. The smallest absolute Gasteiger partial charge is 0.0210 e. The van der Waals surface area contributed by atoms with Gasteiger partial charge in [-0.3, -0.25) is 0 Å². The fourth-order valence-electron chi connectivity index (χ4n) is 12.6. The molecule has 5 fully saturated rings. The highest BCUT2D eigenvalue weighted by Gasteiger charge is 2.64. The lowest BCUT2D eigenvalue weighted by atomic mass is 9.36. The maximum atomic E-state index is 2.96. The van der Waals surface area contributed by atoms with Crippen LogP contribution in [-0.4, -0.2) is 0 Å². The standard InChI is InChI=1S/C38H68/c1-6-7-8-12-20-33-34(36(3)25-15-10-16-26-36)29-30-31(35(2)23-13-9-14-24-35)21-19-22-32(30)38(33,5)37(4)27-17-11-18-28-37/h30-34H,6-29H2,1-5H3. The molecule has 5 saturated carbocycles. The Balaban J connectivity index is 1.57. The molecule has 0 aliphatic heterocycles. The quantitative estimate of drug-likeness (QED) is 0.277. The monoisotopic (exact) mass is 525 g/mol. The van der Waals surface area contributed by atoms with Crippen molar-refractivity contribution in [3.8, 4) is 0 Å². The molecule has 0 aromatic heterocycles. The van der Waals surface area contributed by atoms with Gasteiger partial charge >= 0.3 is 0 Å². The Bertz CT molecular complexity index is 729. The highest BCUT2D eigenvalue weighted by atomic mass is 14.7. The first kappa shape index (κ1) is 29.5. The van der Waals surface area contributed by atoms with E-state index in [9.17, 15) is 0 Å². The Hall–Kier alpha value is 0. The Morgan fingerprint density at radius 2 is 1.05 bits per heavy atom. The van der Waals surface area contributed by atoms with Crippen molar-refractivity contribution in [3.05, 3.63) is 0 Å². The second-order valence-corrected chi connectivity index (χ2v) is 16.9. The summed E-state index contributed by atoms with van der Waals surface area (Å²) in [4.78, 5) is 0. The number of unbranched alkanes of at least 4 members (excludes halogenated alkanes) is 3. The van der Waals surface area contributed by atoms with Gasteiger partial charge in [-0.2, -0.15) is 0 Å². The molecule has 6 unspecified atom stereocenters. The van der Waals surface area contributed by atoms with Gasteiger partial charge in [0.05, 0.1) is 0 Å². The first-order chi connectivity index (χ1) is 18.3. The minimum absolute atomic E-state index is 0.553. The summed E-state index contributed by atoms with van der Waals surface area (Å²) in [6.07, 6.45) is 36.5. The van der Waals surface area contributed by atoms with Crippen LogP contribution in [0, 0.1) is 51.2 Å². The highest BCUT2D eigenvalue weighted by molar-refractivity contribution is 5.13. The number of fused-ring (bicyclic) bond motifs is 1. The van der Waals surface area contributed by atoms with Crippen molar-refractivity contribution in [1.29, 1.82) is 0 Å². The molecule has 0 aromatic rings. The van der Waals surface area contributed by atoms with E-state index >= 15 is 0 Å². The summed E-state index contributed by atoms with van der Waals surface area (Å²) >= 11 is 0. The molecule has 5 rings (SSSR count). The van der Waals surface area contributed by atoms with Crippen LogP contribution in [0.3, 0.4) is 0 Å². The largest absolute Gasteiger partial charge is 0.0654 e. The predicted molar refractivity (Wildman–Crippen MR) is 166 cm³/mol. The lowest BCUT2D eigenvalue weighted by Crippen LogP contribution is -2.62. The minimum atomic E-state index is 0.553. The van der Waals surface area contributed by atoms with Gasteiger partial charge < -0.3 is 0 Å². The zero-order valence-electron chi connectivity index (χ0n) is 26.9. The van der Waals surface area contributed by atoms with Crippen molar-refractivity contribution in [2.75, 3.05) is 0 Å². The molecule has 38 heavy (non-hydrogen) atoms. The molecule has 5 aliphatic carbocycles. The summed E-state index contributed by atoms with van der Waals surface area (Å²) in [5.74, 6) is 5.00. The Kier molecular flexibility index (Phi) is 9.38. The molecule has 5 aliphatic rings. The molecule has 220 valence electrons. The molecule has 0 nitrogen and oxygen atoms in total. The van der Waals surface area contributed by atoms with Gasteiger partial charge in [-0.25, -0.2) is 0 Å². The van der Waals surface area contributed by atoms with E-state index in [1.165, 1.54) is 128 Å². The van der Waals surface area contributed by atoms with Gasteiger partial charge in [-0.1, -0.05) is 125 Å². The van der Waals surface area contributed by atoms with Crippen molar-refractivity contribution < 1.29 is 0 Å². The molecule has 0 N–H and O–H groups in total. The summed E-state index contributed by atoms with van der Waals surface area (Å²) in [6, 6.07) is 0. The molecule has 0 spiro atoms. The van der Waals surface area contributed by atoms with E-state index in [4.69, 9.17) is 0 Å². The minimum Gasteiger partial charge on any atom is -0.0654 e. The predicted octanol–water partition coefficient (Wildman–Crippen LogP) is 12.5. The second kappa shape index (κ2) is 12.1. The van der Waals surface area contributed by atoms with Crippen LogP contribution in [0.5, 0.6) is 0 Å². The van der Waals surface area contributed by atoms with Crippen LogP contribution >= 0.6 is 0 Å². The van der Waals surface area contributed by atoms with E-state index in [-0.39, 0.29) is 0 Å². The molecular weight excluding hydrogens is 456 g/mol. The summed E-state index contributed by atoms with van der Waals surface area (Å²) < 4.78 is 0. The molecule has 6 atom stereocenters. The van der Waals surface area contributed by atoms with Gasteiger partial charge in [0.1, 0.15) is 0 Å². The first-order valence-electron chi connectivity index (χ1n) is 18.3. The molecule has 0 radical (unpaired) electrons. The molecule has 0 heteroatoms. The lowest BCUT2D eigenvalue weighted by molar-refractivity contribution is -0.201. The van der Waals surface area contributed by atoms with Crippen LogP contribution in [0.25, 0.3) is 0 Å². The second-order valence-electron chi connectivity index (χ2n) is 16.9. The van der Waals surface area contributed by atoms with Crippen molar-refractivity contribution in [2.45, 2.75) is 189 Å². The van der Waals surface area contributed by atoms with Crippen molar-refractivity contribution in [2.24, 2.45) is 51.2 Å². The molecule has 0 amide bonds. The maximum Gasteiger partial charge on any atom is -0.0210 e.